The molecule has 0 radical (unpaired) electrons. The highest BCUT2D eigenvalue weighted by atomic mass is 16.8. The Morgan fingerprint density at radius 3 is 1.62 bits per heavy atom. The van der Waals surface area contributed by atoms with Crippen molar-refractivity contribution in [3.8, 4) is 22.5 Å². The van der Waals surface area contributed by atoms with Crippen LogP contribution >= 0.6 is 0 Å². The van der Waals surface area contributed by atoms with E-state index < -0.39 is 0 Å². The third kappa shape index (κ3) is 2.58. The van der Waals surface area contributed by atoms with Gasteiger partial charge in [0.25, 0.3) is 5.69 Å². The van der Waals surface area contributed by atoms with Crippen LogP contribution in [0.25, 0.3) is 22.5 Å². The lowest BCUT2D eigenvalue weighted by Gasteiger charge is -2.11. The third-order valence-corrected chi connectivity index (χ3v) is 4.44. The molecule has 0 saturated carbocycles. The normalized spacial score (nSPS) is 11.1. The van der Waals surface area contributed by atoms with Crippen molar-refractivity contribution >= 4 is 0 Å². The monoisotopic (exact) mass is 322 g/mol. The van der Waals surface area contributed by atoms with Gasteiger partial charge in [0.1, 0.15) is 0 Å². The molecule has 0 spiro atoms. The largest absolute Gasteiger partial charge is 0.359 e. The Hall–Kier alpha value is -2.62. The van der Waals surface area contributed by atoms with Gasteiger partial charge < -0.3 is 5.21 Å². The number of rotatable bonds is 2. The highest BCUT2D eigenvalue weighted by Gasteiger charge is 2.28. The van der Waals surface area contributed by atoms with Gasteiger partial charge in [0.15, 0.2) is 0 Å². The van der Waals surface area contributed by atoms with Gasteiger partial charge >= 0.3 is 0 Å². The molecular weight excluding hydrogens is 300 g/mol. The van der Waals surface area contributed by atoms with E-state index in [0.29, 0.717) is 16.3 Å². The standard InChI is InChI=1S/C20H22N2O2/c1-11-7-13(3)17(14(4)8-11)19-20(22(23)24-21-19)18-15(5)9-12(2)10-16(18)6/h7-10H,1-6H3. The van der Waals surface area contributed by atoms with E-state index in [9.17, 15) is 5.21 Å². The van der Waals surface area contributed by atoms with Crippen molar-refractivity contribution in [3.05, 3.63) is 62.9 Å². The number of aryl methyl sites for hydroxylation is 6. The first kappa shape index (κ1) is 16.2. The first-order chi connectivity index (χ1) is 11.3. The molecule has 0 aliphatic rings. The zero-order valence-electron chi connectivity index (χ0n) is 15.0. The fourth-order valence-electron chi connectivity index (χ4n) is 3.73. The molecular formula is C20H22N2O2. The molecule has 1 aromatic heterocycles. The molecule has 0 fully saturated rings. The van der Waals surface area contributed by atoms with Gasteiger partial charge in [0.05, 0.1) is 0 Å². The Labute approximate surface area is 142 Å². The maximum atomic E-state index is 12.4. The summed E-state index contributed by atoms with van der Waals surface area (Å²) in [6.07, 6.45) is 0. The Morgan fingerprint density at radius 1 is 0.750 bits per heavy atom. The van der Waals surface area contributed by atoms with Crippen LogP contribution in [0.4, 0.5) is 0 Å². The number of hydrogen-bond acceptors (Lipinski definition) is 3. The number of hydrogen-bond donors (Lipinski definition) is 0. The SMILES string of the molecule is Cc1cc(C)c(-c2no[n+]([O-])c2-c2c(C)cc(C)cc2C)c(C)c1. The van der Waals surface area contributed by atoms with Crippen LogP contribution in [0.1, 0.15) is 33.4 Å². The molecule has 4 heteroatoms. The molecule has 0 N–H and O–H groups in total. The van der Waals surface area contributed by atoms with Gasteiger partial charge in [-0.3, -0.25) is 4.63 Å². The van der Waals surface area contributed by atoms with E-state index in [4.69, 9.17) is 4.63 Å². The summed E-state index contributed by atoms with van der Waals surface area (Å²) < 4.78 is 5.00. The minimum atomic E-state index is 0.486. The number of aromatic nitrogens is 2. The molecule has 0 aliphatic carbocycles. The molecule has 0 aliphatic heterocycles. The molecule has 3 aromatic rings. The molecule has 4 nitrogen and oxygen atoms in total. The lowest BCUT2D eigenvalue weighted by atomic mass is 9.91. The second-order valence-electron chi connectivity index (χ2n) is 6.67. The average Bonchev–Trinajstić information content (AvgIpc) is 2.79. The number of benzene rings is 2. The van der Waals surface area contributed by atoms with E-state index in [-0.39, 0.29) is 0 Å². The molecule has 0 unspecified atom stereocenters. The van der Waals surface area contributed by atoms with Gasteiger partial charge in [0, 0.05) is 16.3 Å². The van der Waals surface area contributed by atoms with Crippen LogP contribution in [0, 0.1) is 46.7 Å². The van der Waals surface area contributed by atoms with Crippen LogP contribution in [-0.2, 0) is 0 Å². The summed E-state index contributed by atoms with van der Waals surface area (Å²) in [5.41, 5.74) is 9.58. The van der Waals surface area contributed by atoms with Gasteiger partial charge in [-0.05, 0) is 68.7 Å². The molecule has 0 amide bonds. The molecule has 2 aromatic carbocycles. The zero-order chi connectivity index (χ0) is 17.6. The summed E-state index contributed by atoms with van der Waals surface area (Å²) in [7, 11) is 0. The Kier molecular flexibility index (Phi) is 3.91. The minimum Gasteiger partial charge on any atom is -0.359 e. The lowest BCUT2D eigenvalue weighted by Crippen LogP contribution is -2.26. The Bertz CT molecular complexity index is 893. The summed E-state index contributed by atoms with van der Waals surface area (Å²) in [5, 5.41) is 16.5. The first-order valence-electron chi connectivity index (χ1n) is 8.05. The van der Waals surface area contributed by atoms with Gasteiger partial charge in [-0.2, -0.15) is 0 Å². The van der Waals surface area contributed by atoms with Crippen molar-refractivity contribution < 1.29 is 9.53 Å². The van der Waals surface area contributed by atoms with Gasteiger partial charge in [-0.25, -0.2) is 0 Å². The predicted octanol–water partition coefficient (Wildman–Crippen LogP) is 4.49. The van der Waals surface area contributed by atoms with Crippen molar-refractivity contribution in [1.82, 2.24) is 5.16 Å². The summed E-state index contributed by atoms with van der Waals surface area (Å²) in [5.74, 6) is 0. The molecule has 0 saturated heterocycles. The first-order valence-corrected chi connectivity index (χ1v) is 8.05. The van der Waals surface area contributed by atoms with Gasteiger partial charge in [0.2, 0.25) is 5.69 Å². The van der Waals surface area contributed by atoms with E-state index in [1.165, 1.54) is 11.1 Å². The third-order valence-electron chi connectivity index (χ3n) is 4.44. The smallest absolute Gasteiger partial charge is 0.256 e. The Balaban J connectivity index is 2.34. The van der Waals surface area contributed by atoms with Crippen molar-refractivity contribution in [1.29, 1.82) is 0 Å². The molecule has 124 valence electrons. The van der Waals surface area contributed by atoms with Crippen LogP contribution in [0.3, 0.4) is 0 Å². The van der Waals surface area contributed by atoms with Crippen LogP contribution < -0.4 is 4.90 Å². The van der Waals surface area contributed by atoms with Crippen molar-refractivity contribution in [2.75, 3.05) is 0 Å². The van der Waals surface area contributed by atoms with E-state index in [1.54, 1.807) is 0 Å². The van der Waals surface area contributed by atoms with Gasteiger partial charge in [-0.1, -0.05) is 35.4 Å². The molecule has 1 heterocycles. The van der Waals surface area contributed by atoms with Crippen LogP contribution in [0.15, 0.2) is 28.9 Å². The quantitative estimate of drug-likeness (QED) is 0.653. The highest BCUT2D eigenvalue weighted by molar-refractivity contribution is 5.82. The second-order valence-corrected chi connectivity index (χ2v) is 6.67. The maximum Gasteiger partial charge on any atom is 0.256 e. The lowest BCUT2D eigenvalue weighted by molar-refractivity contribution is -0.793. The summed E-state index contributed by atoms with van der Waals surface area (Å²) in [4.78, 5) is 0.527. The molecule has 3 rings (SSSR count). The zero-order valence-corrected chi connectivity index (χ0v) is 15.0. The van der Waals surface area contributed by atoms with Crippen LogP contribution in [0.5, 0.6) is 0 Å². The van der Waals surface area contributed by atoms with Crippen molar-refractivity contribution in [3.63, 3.8) is 0 Å². The molecule has 0 bridgehead atoms. The van der Waals surface area contributed by atoms with E-state index in [1.807, 2.05) is 27.7 Å². The Morgan fingerprint density at radius 2 is 1.17 bits per heavy atom. The van der Waals surface area contributed by atoms with E-state index in [0.717, 1.165) is 33.4 Å². The second kappa shape index (κ2) is 5.78. The maximum absolute atomic E-state index is 12.4. The average molecular weight is 322 g/mol. The van der Waals surface area contributed by atoms with E-state index in [2.05, 4.69) is 43.3 Å². The molecule has 0 atom stereocenters. The minimum absolute atomic E-state index is 0.486. The fraction of sp³-hybridized carbons (Fsp3) is 0.300. The van der Waals surface area contributed by atoms with E-state index >= 15 is 0 Å². The van der Waals surface area contributed by atoms with Crippen molar-refractivity contribution in [2.45, 2.75) is 41.5 Å². The highest BCUT2D eigenvalue weighted by Crippen LogP contribution is 2.36. The summed E-state index contributed by atoms with van der Waals surface area (Å²) >= 11 is 0. The van der Waals surface area contributed by atoms with Crippen LogP contribution in [-0.4, -0.2) is 5.16 Å². The van der Waals surface area contributed by atoms with Crippen molar-refractivity contribution in [2.24, 2.45) is 0 Å². The fourth-order valence-corrected chi connectivity index (χ4v) is 3.73. The predicted molar refractivity (Wildman–Crippen MR) is 94.8 cm³/mol. The van der Waals surface area contributed by atoms with Gasteiger partial charge in [-0.15, -0.1) is 0 Å². The number of nitrogens with zero attached hydrogens (tertiary/aromatic N) is 2. The topological polar surface area (TPSA) is 53.0 Å². The van der Waals surface area contributed by atoms with Crippen LogP contribution in [0.2, 0.25) is 0 Å². The summed E-state index contributed by atoms with van der Waals surface area (Å²) in [6, 6.07) is 8.36. The summed E-state index contributed by atoms with van der Waals surface area (Å²) in [6.45, 7) is 12.2. The molecule has 24 heavy (non-hydrogen) atoms.